The lowest BCUT2D eigenvalue weighted by Crippen LogP contribution is -2.45. The van der Waals surface area contributed by atoms with Gasteiger partial charge in [-0.25, -0.2) is 0 Å². The number of carbonyl (C=O) groups is 1. The highest BCUT2D eigenvalue weighted by atomic mass is 79.9. The molecule has 0 aliphatic carbocycles. The number of likely N-dealkylation sites (tertiary alicyclic amines) is 1. The molecule has 1 aliphatic rings. The molecule has 0 bridgehead atoms. The third kappa shape index (κ3) is 3.59. The molecule has 0 radical (unpaired) electrons. The number of nitrogens with zero attached hydrogens (tertiary/aromatic N) is 2. The zero-order valence-electron chi connectivity index (χ0n) is 11.8. The van der Waals surface area contributed by atoms with E-state index in [1.54, 1.807) is 11.0 Å². The highest BCUT2D eigenvalue weighted by Gasteiger charge is 2.28. The first kappa shape index (κ1) is 15.9. The Balaban J connectivity index is 2.23. The third-order valence-corrected chi connectivity index (χ3v) is 4.57. The van der Waals surface area contributed by atoms with Crippen LogP contribution in [0, 0.1) is 16.0 Å². The highest BCUT2D eigenvalue weighted by Crippen LogP contribution is 2.26. The molecule has 21 heavy (non-hydrogen) atoms. The fourth-order valence-electron chi connectivity index (χ4n) is 2.58. The average molecular weight is 356 g/mol. The van der Waals surface area contributed by atoms with E-state index < -0.39 is 4.92 Å². The lowest BCUT2D eigenvalue weighted by molar-refractivity contribution is -0.384. The fraction of sp³-hybridized carbons (Fsp3) is 0.500. The van der Waals surface area contributed by atoms with Crippen LogP contribution in [0.2, 0.25) is 0 Å². The second-order valence-electron chi connectivity index (χ2n) is 5.43. The Morgan fingerprint density at radius 3 is 2.90 bits per heavy atom. The molecule has 1 aromatic rings. The molecule has 1 saturated heterocycles. The SMILES string of the molecule is CC(N)C1CCCN(C(=O)c2cc([N+](=O)[O-])ccc2Br)C1. The minimum atomic E-state index is -0.496. The molecule has 7 heteroatoms. The number of hydrogen-bond acceptors (Lipinski definition) is 4. The first-order valence-electron chi connectivity index (χ1n) is 6.89. The number of nitro benzene ring substituents is 1. The van der Waals surface area contributed by atoms with Crippen LogP contribution >= 0.6 is 15.9 Å². The number of rotatable bonds is 3. The van der Waals surface area contributed by atoms with E-state index in [9.17, 15) is 14.9 Å². The zero-order valence-corrected chi connectivity index (χ0v) is 13.4. The molecule has 1 aliphatic heterocycles. The maximum absolute atomic E-state index is 12.6. The van der Waals surface area contributed by atoms with E-state index in [-0.39, 0.29) is 23.6 Å². The van der Waals surface area contributed by atoms with Crippen molar-refractivity contribution in [2.24, 2.45) is 11.7 Å². The summed E-state index contributed by atoms with van der Waals surface area (Å²) in [7, 11) is 0. The van der Waals surface area contributed by atoms with Gasteiger partial charge >= 0.3 is 0 Å². The second kappa shape index (κ2) is 6.53. The zero-order chi connectivity index (χ0) is 15.6. The number of nitro groups is 1. The minimum absolute atomic E-state index is 0.0363. The molecular formula is C14H18BrN3O3. The molecule has 2 rings (SSSR count). The second-order valence-corrected chi connectivity index (χ2v) is 6.29. The first-order valence-corrected chi connectivity index (χ1v) is 7.68. The van der Waals surface area contributed by atoms with Crippen molar-refractivity contribution in [1.29, 1.82) is 0 Å². The Bertz CT molecular complexity index is 562. The molecule has 2 atom stereocenters. The standard InChI is InChI=1S/C14H18BrN3O3/c1-9(16)10-3-2-6-17(8-10)14(19)12-7-11(18(20)21)4-5-13(12)15/h4-5,7,9-10H,2-3,6,8,16H2,1H3. The molecule has 1 aromatic carbocycles. The number of non-ortho nitro benzene ring substituents is 1. The van der Waals surface area contributed by atoms with Crippen LogP contribution in [-0.4, -0.2) is 34.9 Å². The van der Waals surface area contributed by atoms with Gasteiger partial charge in [-0.05, 0) is 47.7 Å². The van der Waals surface area contributed by atoms with Crippen LogP contribution in [0.15, 0.2) is 22.7 Å². The largest absolute Gasteiger partial charge is 0.338 e. The van der Waals surface area contributed by atoms with Gasteiger partial charge in [0.15, 0.2) is 0 Å². The Morgan fingerprint density at radius 1 is 1.57 bits per heavy atom. The number of halogens is 1. The van der Waals surface area contributed by atoms with Crippen LogP contribution in [0.3, 0.4) is 0 Å². The van der Waals surface area contributed by atoms with Gasteiger partial charge in [0.1, 0.15) is 0 Å². The quantitative estimate of drug-likeness (QED) is 0.666. The molecule has 0 aromatic heterocycles. The van der Waals surface area contributed by atoms with Crippen LogP contribution in [0.25, 0.3) is 0 Å². The summed E-state index contributed by atoms with van der Waals surface area (Å²) in [5.74, 6) is 0.0936. The monoisotopic (exact) mass is 355 g/mol. The molecule has 0 saturated carbocycles. The summed E-state index contributed by atoms with van der Waals surface area (Å²) in [6, 6.07) is 4.27. The van der Waals surface area contributed by atoms with E-state index in [0.29, 0.717) is 23.1 Å². The van der Waals surface area contributed by atoms with Crippen molar-refractivity contribution in [2.75, 3.05) is 13.1 Å². The molecule has 1 amide bonds. The molecule has 114 valence electrons. The van der Waals surface area contributed by atoms with Crippen molar-refractivity contribution < 1.29 is 9.72 Å². The van der Waals surface area contributed by atoms with Gasteiger partial charge in [-0.1, -0.05) is 0 Å². The minimum Gasteiger partial charge on any atom is -0.338 e. The molecular weight excluding hydrogens is 338 g/mol. The van der Waals surface area contributed by atoms with Crippen molar-refractivity contribution in [3.05, 3.63) is 38.3 Å². The number of hydrogen-bond donors (Lipinski definition) is 1. The highest BCUT2D eigenvalue weighted by molar-refractivity contribution is 9.10. The summed E-state index contributed by atoms with van der Waals surface area (Å²) < 4.78 is 0.570. The number of piperidine rings is 1. The molecule has 2 unspecified atom stereocenters. The summed E-state index contributed by atoms with van der Waals surface area (Å²) in [6.07, 6.45) is 1.92. The number of nitrogens with two attached hydrogens (primary N) is 1. The van der Waals surface area contributed by atoms with E-state index in [0.717, 1.165) is 12.8 Å². The van der Waals surface area contributed by atoms with E-state index in [4.69, 9.17) is 5.73 Å². The number of amides is 1. The van der Waals surface area contributed by atoms with Gasteiger partial charge in [0, 0.05) is 35.7 Å². The Kier molecular flexibility index (Phi) is 4.95. The van der Waals surface area contributed by atoms with Crippen molar-refractivity contribution >= 4 is 27.5 Å². The van der Waals surface area contributed by atoms with Crippen molar-refractivity contribution in [3.8, 4) is 0 Å². The summed E-state index contributed by atoms with van der Waals surface area (Å²) in [5.41, 5.74) is 6.17. The van der Waals surface area contributed by atoms with Crippen LogP contribution in [-0.2, 0) is 0 Å². The molecule has 6 nitrogen and oxygen atoms in total. The van der Waals surface area contributed by atoms with Crippen LogP contribution in [0.4, 0.5) is 5.69 Å². The van der Waals surface area contributed by atoms with Crippen molar-refractivity contribution in [2.45, 2.75) is 25.8 Å². The van der Waals surface area contributed by atoms with Crippen molar-refractivity contribution in [3.63, 3.8) is 0 Å². The van der Waals surface area contributed by atoms with E-state index in [1.807, 2.05) is 6.92 Å². The predicted octanol–water partition coefficient (Wildman–Crippen LogP) is 2.56. The van der Waals surface area contributed by atoms with Crippen molar-refractivity contribution in [1.82, 2.24) is 4.90 Å². The van der Waals surface area contributed by atoms with E-state index in [1.165, 1.54) is 12.1 Å². The summed E-state index contributed by atoms with van der Waals surface area (Å²) in [4.78, 5) is 24.7. The van der Waals surface area contributed by atoms with Gasteiger partial charge in [0.25, 0.3) is 11.6 Å². The Morgan fingerprint density at radius 2 is 2.29 bits per heavy atom. The number of carbonyl (C=O) groups excluding carboxylic acids is 1. The van der Waals surface area contributed by atoms with Gasteiger partial charge in [-0.3, -0.25) is 14.9 Å². The van der Waals surface area contributed by atoms with Gasteiger partial charge < -0.3 is 10.6 Å². The van der Waals surface area contributed by atoms with Crippen LogP contribution in [0.1, 0.15) is 30.1 Å². The van der Waals surface area contributed by atoms with Crippen LogP contribution in [0.5, 0.6) is 0 Å². The van der Waals surface area contributed by atoms with E-state index >= 15 is 0 Å². The third-order valence-electron chi connectivity index (χ3n) is 3.88. The average Bonchev–Trinajstić information content (AvgIpc) is 2.47. The van der Waals surface area contributed by atoms with E-state index in [2.05, 4.69) is 15.9 Å². The summed E-state index contributed by atoms with van der Waals surface area (Å²) in [6.45, 7) is 3.21. The molecule has 1 heterocycles. The lowest BCUT2D eigenvalue weighted by atomic mass is 9.92. The first-order chi connectivity index (χ1) is 9.90. The summed E-state index contributed by atoms with van der Waals surface area (Å²) >= 11 is 3.30. The van der Waals surface area contributed by atoms with Gasteiger partial charge in [-0.2, -0.15) is 0 Å². The Labute approximate surface area is 131 Å². The van der Waals surface area contributed by atoms with Gasteiger partial charge in [-0.15, -0.1) is 0 Å². The van der Waals surface area contributed by atoms with Crippen LogP contribution < -0.4 is 5.73 Å². The number of benzene rings is 1. The topological polar surface area (TPSA) is 89.5 Å². The smallest absolute Gasteiger partial charge is 0.270 e. The molecule has 1 fully saturated rings. The van der Waals surface area contributed by atoms with Gasteiger partial charge in [0.2, 0.25) is 0 Å². The molecule has 2 N–H and O–H groups in total. The lowest BCUT2D eigenvalue weighted by Gasteiger charge is -2.34. The fourth-order valence-corrected chi connectivity index (χ4v) is 3.00. The molecule has 0 spiro atoms. The van der Waals surface area contributed by atoms with Gasteiger partial charge in [0.05, 0.1) is 10.5 Å². The maximum Gasteiger partial charge on any atom is 0.270 e. The maximum atomic E-state index is 12.6. The Hall–Kier alpha value is -1.47. The normalized spacial score (nSPS) is 20.1. The predicted molar refractivity (Wildman–Crippen MR) is 83.1 cm³/mol. The summed E-state index contributed by atoms with van der Waals surface area (Å²) in [5, 5.41) is 10.9.